The van der Waals surface area contributed by atoms with Crippen LogP contribution in [0.2, 0.25) is 0 Å². The lowest BCUT2D eigenvalue weighted by Crippen LogP contribution is -2.36. The van der Waals surface area contributed by atoms with E-state index in [9.17, 15) is 0 Å². The first-order valence-electron chi connectivity index (χ1n) is 5.53. The van der Waals surface area contributed by atoms with E-state index in [1.807, 2.05) is 0 Å². The molecule has 0 spiro atoms. The van der Waals surface area contributed by atoms with E-state index in [1.54, 1.807) is 11.3 Å². The minimum absolute atomic E-state index is 0.592. The summed E-state index contributed by atoms with van der Waals surface area (Å²) in [7, 11) is 0. The summed E-state index contributed by atoms with van der Waals surface area (Å²) in [6, 6.07) is 3.49. The van der Waals surface area contributed by atoms with E-state index >= 15 is 0 Å². The highest BCUT2D eigenvalue weighted by Gasteiger charge is 2.08. The third-order valence-electron chi connectivity index (χ3n) is 2.63. The van der Waals surface area contributed by atoms with Gasteiger partial charge in [-0.25, -0.2) is 0 Å². The zero-order valence-electron chi connectivity index (χ0n) is 9.42. The maximum atomic E-state index is 3.66. The van der Waals surface area contributed by atoms with Crippen LogP contribution >= 0.6 is 11.3 Å². The van der Waals surface area contributed by atoms with Crippen molar-refractivity contribution in [3.05, 3.63) is 22.4 Å². The Morgan fingerprint density at radius 2 is 2.07 bits per heavy atom. The van der Waals surface area contributed by atoms with Crippen LogP contribution in [0.15, 0.2) is 16.8 Å². The molecular formula is C12H21NS. The lowest BCUT2D eigenvalue weighted by atomic mass is 10.1. The average Bonchev–Trinajstić information content (AvgIpc) is 2.66. The third-order valence-corrected chi connectivity index (χ3v) is 3.36. The molecule has 0 fully saturated rings. The van der Waals surface area contributed by atoms with Crippen LogP contribution in [0.25, 0.3) is 0 Å². The molecule has 14 heavy (non-hydrogen) atoms. The Morgan fingerprint density at radius 1 is 1.36 bits per heavy atom. The highest BCUT2D eigenvalue weighted by atomic mass is 32.1. The van der Waals surface area contributed by atoms with Gasteiger partial charge < -0.3 is 5.32 Å². The van der Waals surface area contributed by atoms with Gasteiger partial charge in [-0.1, -0.05) is 13.8 Å². The molecule has 0 aliphatic heterocycles. The second-order valence-corrected chi connectivity index (χ2v) is 4.70. The fourth-order valence-electron chi connectivity index (χ4n) is 1.75. The Hall–Kier alpha value is -0.340. The van der Waals surface area contributed by atoms with E-state index < -0.39 is 0 Å². The molecule has 1 aromatic heterocycles. The second kappa shape index (κ2) is 6.20. The van der Waals surface area contributed by atoms with Gasteiger partial charge in [-0.05, 0) is 48.6 Å². The van der Waals surface area contributed by atoms with E-state index in [1.165, 1.54) is 18.4 Å². The molecule has 1 heterocycles. The first-order chi connectivity index (χ1) is 6.76. The molecule has 1 N–H and O–H groups in total. The molecule has 0 aromatic carbocycles. The van der Waals surface area contributed by atoms with Crippen molar-refractivity contribution < 1.29 is 0 Å². The first-order valence-corrected chi connectivity index (χ1v) is 6.47. The Morgan fingerprint density at radius 3 is 2.57 bits per heavy atom. The largest absolute Gasteiger partial charge is 0.311 e. The van der Waals surface area contributed by atoms with Gasteiger partial charge in [-0.3, -0.25) is 0 Å². The summed E-state index contributed by atoms with van der Waals surface area (Å²) < 4.78 is 0. The highest BCUT2D eigenvalue weighted by molar-refractivity contribution is 7.07. The fraction of sp³-hybridized carbons (Fsp3) is 0.667. The summed E-state index contributed by atoms with van der Waals surface area (Å²) >= 11 is 1.78. The third kappa shape index (κ3) is 3.81. The fourth-order valence-corrected chi connectivity index (χ4v) is 2.43. The molecule has 80 valence electrons. The highest BCUT2D eigenvalue weighted by Crippen LogP contribution is 2.09. The van der Waals surface area contributed by atoms with Crippen molar-refractivity contribution in [1.29, 1.82) is 0 Å². The van der Waals surface area contributed by atoms with Crippen LogP contribution < -0.4 is 5.32 Å². The monoisotopic (exact) mass is 211 g/mol. The summed E-state index contributed by atoms with van der Waals surface area (Å²) in [4.78, 5) is 0. The van der Waals surface area contributed by atoms with E-state index in [0.717, 1.165) is 6.42 Å². The number of nitrogens with one attached hydrogen (secondary N) is 1. The van der Waals surface area contributed by atoms with Crippen molar-refractivity contribution in [1.82, 2.24) is 5.32 Å². The summed E-state index contributed by atoms with van der Waals surface area (Å²) in [5, 5.41) is 8.05. The molecule has 0 amide bonds. The van der Waals surface area contributed by atoms with Gasteiger partial charge in [0.05, 0.1) is 0 Å². The molecule has 0 saturated heterocycles. The van der Waals surface area contributed by atoms with Crippen LogP contribution in [-0.2, 0) is 6.42 Å². The molecule has 1 rings (SSSR count). The van der Waals surface area contributed by atoms with Gasteiger partial charge in [0.1, 0.15) is 0 Å². The van der Waals surface area contributed by atoms with E-state index in [4.69, 9.17) is 0 Å². The van der Waals surface area contributed by atoms with Crippen molar-refractivity contribution in [2.24, 2.45) is 0 Å². The van der Waals surface area contributed by atoms with Crippen LogP contribution in [0, 0.1) is 0 Å². The molecule has 0 aliphatic carbocycles. The second-order valence-electron chi connectivity index (χ2n) is 3.92. The summed E-state index contributed by atoms with van der Waals surface area (Å²) in [5.41, 5.74) is 1.46. The average molecular weight is 211 g/mol. The number of hydrogen-bond donors (Lipinski definition) is 1. The van der Waals surface area contributed by atoms with Gasteiger partial charge in [-0.2, -0.15) is 11.3 Å². The zero-order chi connectivity index (χ0) is 10.4. The molecule has 2 heteroatoms. The molecule has 1 unspecified atom stereocenters. The zero-order valence-corrected chi connectivity index (χ0v) is 10.2. The normalized spacial score (nSPS) is 13.4. The molecule has 1 atom stereocenters. The van der Waals surface area contributed by atoms with Crippen LogP contribution in [0.1, 0.15) is 39.2 Å². The molecule has 0 saturated carbocycles. The molecule has 0 bridgehead atoms. The van der Waals surface area contributed by atoms with Gasteiger partial charge in [0.25, 0.3) is 0 Å². The minimum atomic E-state index is 0.592. The van der Waals surface area contributed by atoms with Gasteiger partial charge in [0.2, 0.25) is 0 Å². The predicted octanol–water partition coefficient (Wildman–Crippen LogP) is 3.46. The summed E-state index contributed by atoms with van der Waals surface area (Å²) in [6.07, 6.45) is 3.61. The Kier molecular flexibility index (Phi) is 5.20. The van der Waals surface area contributed by atoms with Crippen molar-refractivity contribution in [2.75, 3.05) is 0 Å². The van der Waals surface area contributed by atoms with Crippen molar-refractivity contribution in [3.63, 3.8) is 0 Å². The topological polar surface area (TPSA) is 12.0 Å². The smallest absolute Gasteiger partial charge is 0.00820 e. The van der Waals surface area contributed by atoms with Crippen LogP contribution in [0.4, 0.5) is 0 Å². The van der Waals surface area contributed by atoms with E-state index in [0.29, 0.717) is 12.1 Å². The molecule has 1 nitrogen and oxygen atoms in total. The van der Waals surface area contributed by atoms with Crippen molar-refractivity contribution in [3.8, 4) is 0 Å². The van der Waals surface area contributed by atoms with E-state index in [-0.39, 0.29) is 0 Å². The van der Waals surface area contributed by atoms with Crippen LogP contribution in [0.5, 0.6) is 0 Å². The number of hydrogen-bond acceptors (Lipinski definition) is 2. The lowest BCUT2D eigenvalue weighted by molar-refractivity contribution is 0.422. The number of thiophene rings is 1. The van der Waals surface area contributed by atoms with Crippen molar-refractivity contribution >= 4 is 11.3 Å². The molecule has 0 radical (unpaired) electrons. The Bertz CT molecular complexity index is 226. The quantitative estimate of drug-likeness (QED) is 0.760. The maximum Gasteiger partial charge on any atom is 0.00820 e. The van der Waals surface area contributed by atoms with Gasteiger partial charge in [0.15, 0.2) is 0 Å². The van der Waals surface area contributed by atoms with Gasteiger partial charge in [-0.15, -0.1) is 0 Å². The first kappa shape index (κ1) is 11.7. The minimum Gasteiger partial charge on any atom is -0.311 e. The molecular weight excluding hydrogens is 190 g/mol. The molecule has 1 aromatic rings. The Labute approximate surface area is 91.5 Å². The van der Waals surface area contributed by atoms with Crippen LogP contribution in [0.3, 0.4) is 0 Å². The summed E-state index contributed by atoms with van der Waals surface area (Å²) in [5.74, 6) is 0. The Balaban J connectivity index is 2.31. The number of rotatable bonds is 6. The maximum absolute atomic E-state index is 3.66. The van der Waals surface area contributed by atoms with Crippen LogP contribution in [-0.4, -0.2) is 12.1 Å². The van der Waals surface area contributed by atoms with Gasteiger partial charge in [0, 0.05) is 12.1 Å². The molecule has 0 aliphatic rings. The lowest BCUT2D eigenvalue weighted by Gasteiger charge is -2.20. The van der Waals surface area contributed by atoms with Gasteiger partial charge >= 0.3 is 0 Å². The van der Waals surface area contributed by atoms with E-state index in [2.05, 4.69) is 42.9 Å². The predicted molar refractivity (Wildman–Crippen MR) is 65.0 cm³/mol. The SMILES string of the molecule is CCC(CC)NC(C)Cc1ccsc1. The van der Waals surface area contributed by atoms with Crippen molar-refractivity contribution in [2.45, 2.75) is 52.1 Å². The standard InChI is InChI=1S/C12H21NS/c1-4-12(5-2)13-10(3)8-11-6-7-14-9-11/h6-7,9-10,12-13H,4-5,8H2,1-3H3. The summed E-state index contributed by atoms with van der Waals surface area (Å²) in [6.45, 7) is 6.77.